The third-order valence-corrected chi connectivity index (χ3v) is 7.57. The Balaban J connectivity index is 2.11. The van der Waals surface area contributed by atoms with Crippen LogP contribution in [-0.4, -0.2) is 73.8 Å². The number of methoxy groups -OCH3 is 1. The highest BCUT2D eigenvalue weighted by atomic mass is 16.6. The Morgan fingerprint density at radius 1 is 0.854 bits per heavy atom. The maximum absolute atomic E-state index is 12.8. The molecule has 1 heterocycles. The summed E-state index contributed by atoms with van der Waals surface area (Å²) < 4.78 is 14.1. The molecular formula is C32H61N4O5+. The number of carbonyl (C=O) groups is 1. The van der Waals surface area contributed by atoms with Crippen molar-refractivity contribution < 1.29 is 18.8 Å². The van der Waals surface area contributed by atoms with Gasteiger partial charge in [0.2, 0.25) is 0 Å². The monoisotopic (exact) mass is 581 g/mol. The number of aromatic nitrogens is 2. The van der Waals surface area contributed by atoms with Gasteiger partial charge < -0.3 is 19.3 Å². The van der Waals surface area contributed by atoms with E-state index in [0.29, 0.717) is 24.1 Å². The number of likely N-dealkylation sites (N-methyl/N-ethyl adjacent to an activating group) is 1. The minimum absolute atomic E-state index is 0.0196. The first-order valence-electron chi connectivity index (χ1n) is 16.2. The van der Waals surface area contributed by atoms with Crippen molar-refractivity contribution in [3.63, 3.8) is 0 Å². The van der Waals surface area contributed by atoms with Crippen LogP contribution in [0.1, 0.15) is 110 Å². The molecule has 0 aliphatic heterocycles. The van der Waals surface area contributed by atoms with E-state index < -0.39 is 12.2 Å². The Morgan fingerprint density at radius 2 is 1.37 bits per heavy atom. The fourth-order valence-corrected chi connectivity index (χ4v) is 4.80. The van der Waals surface area contributed by atoms with Crippen molar-refractivity contribution >= 4 is 6.09 Å². The lowest BCUT2D eigenvalue weighted by Gasteiger charge is -2.24. The average Bonchev–Trinajstić information content (AvgIpc) is 2.93. The van der Waals surface area contributed by atoms with Gasteiger partial charge in [-0.2, -0.15) is 0 Å². The molecule has 0 saturated heterocycles. The van der Waals surface area contributed by atoms with Gasteiger partial charge in [0.15, 0.2) is 0 Å². The van der Waals surface area contributed by atoms with Crippen molar-refractivity contribution in [3.05, 3.63) is 33.1 Å². The molecule has 1 atom stereocenters. The molecule has 1 rings (SSSR count). The number of rotatable bonds is 25. The largest absolute Gasteiger partial charge is 0.447 e. The van der Waals surface area contributed by atoms with Crippen molar-refractivity contribution in [1.29, 1.82) is 0 Å². The molecule has 1 amide bonds. The summed E-state index contributed by atoms with van der Waals surface area (Å²) in [5.74, 6) is 0. The van der Waals surface area contributed by atoms with Gasteiger partial charge in [0.25, 0.3) is 5.56 Å². The van der Waals surface area contributed by atoms with Crippen LogP contribution in [-0.2, 0) is 22.6 Å². The highest BCUT2D eigenvalue weighted by Gasteiger charge is 2.16. The highest BCUT2D eigenvalue weighted by Crippen LogP contribution is 2.13. The number of amides is 1. The van der Waals surface area contributed by atoms with E-state index in [0.717, 1.165) is 12.8 Å². The minimum atomic E-state index is -0.502. The summed E-state index contributed by atoms with van der Waals surface area (Å²) >= 11 is 0. The van der Waals surface area contributed by atoms with Gasteiger partial charge >= 0.3 is 11.8 Å². The van der Waals surface area contributed by atoms with Crippen LogP contribution in [0.4, 0.5) is 4.79 Å². The molecule has 0 aliphatic carbocycles. The lowest BCUT2D eigenvalue weighted by atomic mass is 10.0. The fraction of sp³-hybridized carbons (Fsp3) is 0.844. The van der Waals surface area contributed by atoms with Crippen LogP contribution in [0, 0.1) is 0 Å². The Bertz CT molecular complexity index is 922. The number of quaternary nitrogens is 1. The first kappa shape index (κ1) is 36.9. The Hall–Kier alpha value is -2.13. The number of alkyl carbamates (subject to hydrolysis) is 1. The molecule has 1 aromatic heterocycles. The van der Waals surface area contributed by atoms with Crippen molar-refractivity contribution in [3.8, 4) is 0 Å². The topological polar surface area (TPSA) is 91.6 Å². The zero-order chi connectivity index (χ0) is 30.3. The van der Waals surface area contributed by atoms with Crippen molar-refractivity contribution in [2.75, 3.05) is 47.9 Å². The number of unbranched alkanes of at least 4 members (excludes halogenated alkanes) is 15. The van der Waals surface area contributed by atoms with Gasteiger partial charge in [-0.1, -0.05) is 103 Å². The van der Waals surface area contributed by atoms with Crippen LogP contribution >= 0.6 is 0 Å². The first-order valence-corrected chi connectivity index (χ1v) is 16.2. The summed E-state index contributed by atoms with van der Waals surface area (Å²) in [4.78, 5) is 37.1. The van der Waals surface area contributed by atoms with Crippen LogP contribution in [0.5, 0.6) is 0 Å². The number of hydrogen-bond acceptors (Lipinski definition) is 5. The zero-order valence-corrected chi connectivity index (χ0v) is 27.0. The first-order chi connectivity index (χ1) is 19.7. The second-order valence-corrected chi connectivity index (χ2v) is 12.4. The molecule has 238 valence electrons. The van der Waals surface area contributed by atoms with Crippen LogP contribution in [0.2, 0.25) is 0 Å². The fourth-order valence-electron chi connectivity index (χ4n) is 4.80. The van der Waals surface area contributed by atoms with Crippen molar-refractivity contribution in [1.82, 2.24) is 14.5 Å². The molecule has 0 saturated carbocycles. The quantitative estimate of drug-likeness (QED) is 0.118. The molecule has 1 unspecified atom stereocenters. The Labute approximate surface area is 249 Å². The van der Waals surface area contributed by atoms with E-state index in [1.807, 2.05) is 21.1 Å². The summed E-state index contributed by atoms with van der Waals surface area (Å²) in [6.07, 6.45) is 21.6. The number of hydrogen-bond donors (Lipinski definition) is 1. The van der Waals surface area contributed by atoms with E-state index in [1.54, 1.807) is 0 Å². The van der Waals surface area contributed by atoms with E-state index in [2.05, 4.69) is 12.2 Å². The van der Waals surface area contributed by atoms with Crippen LogP contribution in [0.25, 0.3) is 0 Å². The highest BCUT2D eigenvalue weighted by molar-refractivity contribution is 5.67. The van der Waals surface area contributed by atoms with Gasteiger partial charge in [0.1, 0.15) is 12.7 Å². The molecule has 0 radical (unpaired) electrons. The van der Waals surface area contributed by atoms with Crippen molar-refractivity contribution in [2.24, 2.45) is 0 Å². The number of nitrogens with one attached hydrogen (secondary N) is 1. The van der Waals surface area contributed by atoms with Gasteiger partial charge in [-0.15, -0.1) is 0 Å². The third kappa shape index (κ3) is 18.8. The summed E-state index contributed by atoms with van der Waals surface area (Å²) in [7, 11) is 7.55. The summed E-state index contributed by atoms with van der Waals surface area (Å²) in [5, 5.41) is 2.80. The van der Waals surface area contributed by atoms with E-state index in [9.17, 15) is 14.4 Å². The third-order valence-electron chi connectivity index (χ3n) is 7.57. The predicted molar refractivity (Wildman–Crippen MR) is 168 cm³/mol. The van der Waals surface area contributed by atoms with E-state index in [1.165, 1.54) is 118 Å². The maximum atomic E-state index is 12.8. The lowest BCUT2D eigenvalue weighted by molar-refractivity contribution is -0.871. The second kappa shape index (κ2) is 22.5. The van der Waals surface area contributed by atoms with Crippen LogP contribution in [0.3, 0.4) is 0 Å². The second-order valence-electron chi connectivity index (χ2n) is 12.4. The lowest BCUT2D eigenvalue weighted by Crippen LogP contribution is -2.46. The number of ether oxygens (including phenoxy) is 2. The summed E-state index contributed by atoms with van der Waals surface area (Å²) in [5.41, 5.74) is -0.709. The van der Waals surface area contributed by atoms with Gasteiger partial charge in [0, 0.05) is 25.9 Å². The smallest absolute Gasteiger partial charge is 0.407 e. The van der Waals surface area contributed by atoms with Gasteiger partial charge in [-0.25, -0.2) is 9.59 Å². The van der Waals surface area contributed by atoms with Gasteiger partial charge in [-0.05, 0) is 6.42 Å². The SMILES string of the molecule is CCCCCCCCCCCCCCCCCCNC(=O)OCC(Cn1ccc(=O)n(CC[N+](C)(C)C)c1=O)OC. The molecule has 1 N–H and O–H groups in total. The molecule has 0 aliphatic rings. The summed E-state index contributed by atoms with van der Waals surface area (Å²) in [6.45, 7) is 4.05. The van der Waals surface area contributed by atoms with Gasteiger partial charge in [-0.3, -0.25) is 13.9 Å². The minimum Gasteiger partial charge on any atom is -0.447 e. The molecule has 0 spiro atoms. The van der Waals surface area contributed by atoms with Crippen LogP contribution < -0.4 is 16.6 Å². The Morgan fingerprint density at radius 3 is 1.85 bits per heavy atom. The predicted octanol–water partition coefficient (Wildman–Crippen LogP) is 5.72. The maximum Gasteiger partial charge on any atom is 0.407 e. The number of nitrogens with zero attached hydrogens (tertiary/aromatic N) is 3. The van der Waals surface area contributed by atoms with Crippen molar-refractivity contribution in [2.45, 2.75) is 129 Å². The number of carbonyl (C=O) groups excluding carboxylic acids is 1. The molecule has 1 aromatic rings. The van der Waals surface area contributed by atoms with E-state index in [4.69, 9.17) is 9.47 Å². The zero-order valence-electron chi connectivity index (χ0n) is 27.0. The van der Waals surface area contributed by atoms with E-state index in [-0.39, 0.29) is 24.4 Å². The van der Waals surface area contributed by atoms with Crippen LogP contribution in [0.15, 0.2) is 21.9 Å². The molecule has 0 aromatic carbocycles. The molecule has 9 heteroatoms. The molecule has 9 nitrogen and oxygen atoms in total. The molecular weight excluding hydrogens is 520 g/mol. The summed E-state index contributed by atoms with van der Waals surface area (Å²) in [6, 6.07) is 1.38. The molecule has 0 bridgehead atoms. The van der Waals surface area contributed by atoms with E-state index >= 15 is 0 Å². The molecule has 41 heavy (non-hydrogen) atoms. The standard InChI is InChI=1S/C32H60N4O5/c1-6-7-8-9-10-11-12-13-14-15-16-17-18-19-20-21-23-33-31(38)41-28-29(40-5)27-34-24-22-30(37)35(32(34)39)25-26-36(2,3)4/h22,24,29H,6-21,23,25-28H2,1-5H3/p+1. The Kier molecular flexibility index (Phi) is 20.2. The molecule has 0 fully saturated rings. The van der Waals surface area contributed by atoms with Gasteiger partial charge in [0.05, 0.1) is 40.8 Å². The normalized spacial score (nSPS) is 12.4. The average molecular weight is 582 g/mol.